The topological polar surface area (TPSA) is 62.7 Å². The van der Waals surface area contributed by atoms with Gasteiger partial charge in [-0.2, -0.15) is 4.98 Å². The van der Waals surface area contributed by atoms with Gasteiger partial charge >= 0.3 is 0 Å². The average Bonchev–Trinajstić information content (AvgIpc) is 2.98. The summed E-state index contributed by atoms with van der Waals surface area (Å²) in [5.74, 6) is 0.948. The first-order valence-corrected chi connectivity index (χ1v) is 8.27. The van der Waals surface area contributed by atoms with E-state index in [1.54, 1.807) is 6.26 Å². The first-order valence-electron chi connectivity index (χ1n) is 8.27. The van der Waals surface area contributed by atoms with Crippen molar-refractivity contribution >= 4 is 6.08 Å². The molecule has 1 spiro atoms. The summed E-state index contributed by atoms with van der Waals surface area (Å²) < 4.78 is 22.8. The van der Waals surface area contributed by atoms with Crippen LogP contribution in [-0.2, 0) is 14.2 Å². The minimum atomic E-state index is -0.354. The molecule has 2 heterocycles. The predicted molar refractivity (Wildman–Crippen MR) is 84.9 cm³/mol. The van der Waals surface area contributed by atoms with Crippen molar-refractivity contribution in [1.29, 1.82) is 0 Å². The molecular formula is C17H24N2O4. The fourth-order valence-electron chi connectivity index (χ4n) is 3.03. The summed E-state index contributed by atoms with van der Waals surface area (Å²) in [5.41, 5.74) is 0.788. The fraction of sp³-hybridized carbons (Fsp3) is 0.647. The molecule has 2 aliphatic rings. The van der Waals surface area contributed by atoms with E-state index in [4.69, 9.17) is 18.9 Å². The van der Waals surface area contributed by atoms with Gasteiger partial charge in [-0.05, 0) is 32.8 Å². The molecule has 3 rings (SSSR count). The van der Waals surface area contributed by atoms with Gasteiger partial charge in [0.05, 0.1) is 31.8 Å². The number of hydrogen-bond donors (Lipinski definition) is 0. The number of rotatable bonds is 5. The summed E-state index contributed by atoms with van der Waals surface area (Å²) >= 11 is 0. The lowest BCUT2D eigenvalue weighted by Crippen LogP contribution is -2.38. The van der Waals surface area contributed by atoms with Crippen molar-refractivity contribution in [3.05, 3.63) is 23.8 Å². The van der Waals surface area contributed by atoms with E-state index in [9.17, 15) is 0 Å². The molecule has 2 fully saturated rings. The van der Waals surface area contributed by atoms with Gasteiger partial charge in [-0.25, -0.2) is 4.98 Å². The average molecular weight is 320 g/mol. The number of ether oxygens (including phenoxy) is 4. The molecule has 6 nitrogen and oxygen atoms in total. The predicted octanol–water partition coefficient (Wildman–Crippen LogP) is 2.86. The minimum absolute atomic E-state index is 0.145. The van der Waals surface area contributed by atoms with Crippen LogP contribution in [0, 0.1) is 6.92 Å². The van der Waals surface area contributed by atoms with E-state index in [2.05, 4.69) is 9.97 Å². The number of hydrogen-bond acceptors (Lipinski definition) is 6. The Bertz CT molecular complexity index is 546. The van der Waals surface area contributed by atoms with Crippen LogP contribution in [0.25, 0.3) is 6.08 Å². The standard InChI is InChI=1S/C17H24N2O4/c1-3-20-9-6-14-12-16(19-13(2)18-14)23-15-4-7-17(8-5-15)21-10-11-22-17/h6,9,12,15H,3-5,7-8,10-11H2,1-2H3. The van der Waals surface area contributed by atoms with Crippen LogP contribution in [0.5, 0.6) is 5.88 Å². The van der Waals surface area contributed by atoms with Crippen LogP contribution in [0.1, 0.15) is 44.1 Å². The van der Waals surface area contributed by atoms with Crippen LogP contribution in [0.2, 0.25) is 0 Å². The Morgan fingerprint density at radius 2 is 2.00 bits per heavy atom. The third-order valence-electron chi connectivity index (χ3n) is 4.13. The lowest BCUT2D eigenvalue weighted by molar-refractivity contribution is -0.186. The molecule has 0 amide bonds. The van der Waals surface area contributed by atoms with Gasteiger partial charge in [0, 0.05) is 18.9 Å². The van der Waals surface area contributed by atoms with E-state index in [-0.39, 0.29) is 11.9 Å². The molecular weight excluding hydrogens is 296 g/mol. The van der Waals surface area contributed by atoms with Crippen LogP contribution < -0.4 is 4.74 Å². The SMILES string of the molecule is CCOC=Cc1cc(OC2CCC3(CC2)OCCO3)nc(C)n1. The van der Waals surface area contributed by atoms with E-state index >= 15 is 0 Å². The maximum atomic E-state index is 6.05. The zero-order valence-corrected chi connectivity index (χ0v) is 13.8. The molecule has 0 radical (unpaired) electrons. The van der Waals surface area contributed by atoms with Gasteiger partial charge in [0.2, 0.25) is 5.88 Å². The van der Waals surface area contributed by atoms with E-state index < -0.39 is 0 Å². The summed E-state index contributed by atoms with van der Waals surface area (Å²) in [6.45, 7) is 5.84. The van der Waals surface area contributed by atoms with Crippen molar-refractivity contribution in [2.24, 2.45) is 0 Å². The zero-order chi connectivity index (χ0) is 16.1. The van der Waals surface area contributed by atoms with Crippen LogP contribution in [0.4, 0.5) is 0 Å². The molecule has 1 aliphatic carbocycles. The normalized spacial score (nSPS) is 21.1. The largest absolute Gasteiger partial charge is 0.501 e. The van der Waals surface area contributed by atoms with Gasteiger partial charge in [0.25, 0.3) is 0 Å². The first kappa shape index (κ1) is 16.2. The zero-order valence-electron chi connectivity index (χ0n) is 13.8. The quantitative estimate of drug-likeness (QED) is 0.777. The molecule has 1 saturated heterocycles. The van der Waals surface area contributed by atoms with Gasteiger partial charge in [-0.3, -0.25) is 0 Å². The Morgan fingerprint density at radius 3 is 2.70 bits per heavy atom. The second kappa shape index (κ2) is 7.27. The number of aromatic nitrogens is 2. The van der Waals surface area contributed by atoms with Gasteiger partial charge in [0.15, 0.2) is 5.79 Å². The fourth-order valence-corrected chi connectivity index (χ4v) is 3.03. The monoisotopic (exact) mass is 320 g/mol. The first-order chi connectivity index (χ1) is 11.2. The van der Waals surface area contributed by atoms with Crippen molar-refractivity contribution in [2.75, 3.05) is 19.8 Å². The number of aryl methyl sites for hydroxylation is 1. The highest BCUT2D eigenvalue weighted by Crippen LogP contribution is 2.36. The smallest absolute Gasteiger partial charge is 0.217 e. The van der Waals surface area contributed by atoms with Crippen molar-refractivity contribution in [2.45, 2.75) is 51.4 Å². The Balaban J connectivity index is 1.59. The second-order valence-corrected chi connectivity index (χ2v) is 5.86. The third kappa shape index (κ3) is 4.20. The van der Waals surface area contributed by atoms with E-state index in [1.807, 2.05) is 26.0 Å². The van der Waals surface area contributed by atoms with Gasteiger partial charge in [-0.1, -0.05) is 0 Å². The van der Waals surface area contributed by atoms with E-state index in [0.29, 0.717) is 31.5 Å². The van der Waals surface area contributed by atoms with E-state index in [0.717, 1.165) is 31.4 Å². The van der Waals surface area contributed by atoms with Crippen LogP contribution >= 0.6 is 0 Å². The molecule has 1 saturated carbocycles. The molecule has 1 aliphatic heterocycles. The third-order valence-corrected chi connectivity index (χ3v) is 4.13. The minimum Gasteiger partial charge on any atom is -0.501 e. The molecule has 23 heavy (non-hydrogen) atoms. The van der Waals surface area contributed by atoms with Crippen molar-refractivity contribution in [3.63, 3.8) is 0 Å². The van der Waals surface area contributed by atoms with E-state index in [1.165, 1.54) is 0 Å². The highest BCUT2D eigenvalue weighted by molar-refractivity contribution is 5.44. The number of nitrogens with zero attached hydrogens (tertiary/aromatic N) is 2. The summed E-state index contributed by atoms with van der Waals surface area (Å²) in [6.07, 6.45) is 7.18. The summed E-state index contributed by atoms with van der Waals surface area (Å²) in [6, 6.07) is 1.84. The van der Waals surface area contributed by atoms with Crippen molar-refractivity contribution in [1.82, 2.24) is 9.97 Å². The maximum Gasteiger partial charge on any atom is 0.217 e. The molecule has 6 heteroatoms. The van der Waals surface area contributed by atoms with Crippen LogP contribution in [0.15, 0.2) is 12.3 Å². The summed E-state index contributed by atoms with van der Waals surface area (Å²) in [5, 5.41) is 0. The second-order valence-electron chi connectivity index (χ2n) is 5.86. The van der Waals surface area contributed by atoms with Crippen LogP contribution in [0.3, 0.4) is 0 Å². The molecule has 1 aromatic heterocycles. The molecule has 0 N–H and O–H groups in total. The molecule has 0 unspecified atom stereocenters. The van der Waals surface area contributed by atoms with Gasteiger partial charge in [-0.15, -0.1) is 0 Å². The summed E-state index contributed by atoms with van der Waals surface area (Å²) in [7, 11) is 0. The molecule has 0 atom stereocenters. The van der Waals surface area contributed by atoms with Gasteiger partial charge < -0.3 is 18.9 Å². The lowest BCUT2D eigenvalue weighted by Gasteiger charge is -2.35. The molecule has 126 valence electrons. The Hall–Kier alpha value is -1.66. The Morgan fingerprint density at radius 1 is 1.26 bits per heavy atom. The molecule has 0 aromatic carbocycles. The molecule has 0 bridgehead atoms. The Labute approximate surface area is 136 Å². The highest BCUT2D eigenvalue weighted by Gasteiger charge is 2.40. The highest BCUT2D eigenvalue weighted by atomic mass is 16.7. The Kier molecular flexibility index (Phi) is 5.13. The maximum absolute atomic E-state index is 6.05. The van der Waals surface area contributed by atoms with Crippen LogP contribution in [-0.4, -0.2) is 41.7 Å². The summed E-state index contributed by atoms with van der Waals surface area (Å²) in [4.78, 5) is 8.73. The van der Waals surface area contributed by atoms with Crippen molar-refractivity contribution < 1.29 is 18.9 Å². The molecule has 1 aromatic rings. The van der Waals surface area contributed by atoms with Crippen molar-refractivity contribution in [3.8, 4) is 5.88 Å². The van der Waals surface area contributed by atoms with Gasteiger partial charge in [0.1, 0.15) is 11.9 Å². The lowest BCUT2D eigenvalue weighted by atomic mass is 9.92.